The molecule has 0 radical (unpaired) electrons. The molecule has 0 saturated carbocycles. The van der Waals surface area contributed by atoms with Crippen molar-refractivity contribution >= 4 is 29.6 Å². The molecular formula is C23H28N4O4. The Morgan fingerprint density at radius 1 is 1.03 bits per heavy atom. The van der Waals surface area contributed by atoms with E-state index in [0.29, 0.717) is 23.5 Å². The molecule has 0 aliphatic rings. The Balaban J connectivity index is 1.88. The van der Waals surface area contributed by atoms with E-state index in [-0.39, 0.29) is 18.4 Å². The largest absolute Gasteiger partial charge is 0.483 e. The van der Waals surface area contributed by atoms with Crippen molar-refractivity contribution in [3.8, 4) is 5.75 Å². The van der Waals surface area contributed by atoms with Gasteiger partial charge in [-0.15, -0.1) is 0 Å². The molecule has 0 atom stereocenters. The van der Waals surface area contributed by atoms with Crippen molar-refractivity contribution in [2.45, 2.75) is 27.2 Å². The van der Waals surface area contributed by atoms with Gasteiger partial charge in [-0.2, -0.15) is 5.10 Å². The van der Waals surface area contributed by atoms with E-state index >= 15 is 0 Å². The minimum absolute atomic E-state index is 0.190. The van der Waals surface area contributed by atoms with Crippen LogP contribution in [-0.2, 0) is 20.8 Å². The maximum Gasteiger partial charge on any atom is 0.329 e. The first kappa shape index (κ1) is 23.6. The summed E-state index contributed by atoms with van der Waals surface area (Å²) >= 11 is 0. The first-order chi connectivity index (χ1) is 14.9. The lowest BCUT2D eigenvalue weighted by Gasteiger charge is -2.10. The first-order valence-corrected chi connectivity index (χ1v) is 10.1. The summed E-state index contributed by atoms with van der Waals surface area (Å²) < 4.78 is 5.59. The Bertz CT molecular complexity index is 923. The highest BCUT2D eigenvalue weighted by molar-refractivity contribution is 6.35. The lowest BCUT2D eigenvalue weighted by Crippen LogP contribution is -2.39. The number of para-hydroxylation sites is 1. The Labute approximate surface area is 182 Å². The summed E-state index contributed by atoms with van der Waals surface area (Å²) in [6.07, 6.45) is 2.28. The van der Waals surface area contributed by atoms with E-state index in [1.807, 2.05) is 38.1 Å². The van der Waals surface area contributed by atoms with E-state index in [1.54, 1.807) is 24.3 Å². The SMILES string of the molecule is CCc1ccc(NC(=O)COc2ccccc2/C=N\NC(=O)C(=O)NCC(C)C)cc1. The quantitative estimate of drug-likeness (QED) is 0.326. The predicted molar refractivity (Wildman–Crippen MR) is 120 cm³/mol. The highest BCUT2D eigenvalue weighted by Crippen LogP contribution is 2.16. The van der Waals surface area contributed by atoms with Crippen LogP contribution in [0, 0.1) is 5.92 Å². The van der Waals surface area contributed by atoms with Crippen LogP contribution in [0.2, 0.25) is 0 Å². The molecule has 31 heavy (non-hydrogen) atoms. The summed E-state index contributed by atoms with van der Waals surface area (Å²) in [6.45, 7) is 6.13. The van der Waals surface area contributed by atoms with Gasteiger partial charge in [0.05, 0.1) is 6.21 Å². The van der Waals surface area contributed by atoms with E-state index in [2.05, 4.69) is 28.1 Å². The summed E-state index contributed by atoms with van der Waals surface area (Å²) in [4.78, 5) is 35.6. The van der Waals surface area contributed by atoms with E-state index < -0.39 is 11.8 Å². The minimum Gasteiger partial charge on any atom is -0.483 e. The van der Waals surface area contributed by atoms with Gasteiger partial charge in [-0.3, -0.25) is 14.4 Å². The van der Waals surface area contributed by atoms with Gasteiger partial charge < -0.3 is 15.4 Å². The molecule has 0 aliphatic carbocycles. The van der Waals surface area contributed by atoms with Crippen LogP contribution < -0.4 is 20.8 Å². The topological polar surface area (TPSA) is 109 Å². The molecular weight excluding hydrogens is 396 g/mol. The van der Waals surface area contributed by atoms with E-state index in [9.17, 15) is 14.4 Å². The number of nitrogens with one attached hydrogen (secondary N) is 3. The van der Waals surface area contributed by atoms with Crippen molar-refractivity contribution in [3.05, 3.63) is 59.7 Å². The summed E-state index contributed by atoms with van der Waals surface area (Å²) in [5.41, 5.74) is 4.60. The number of hydrazone groups is 1. The van der Waals surface area contributed by atoms with Gasteiger partial charge in [0.2, 0.25) is 0 Å². The number of carbonyl (C=O) groups excluding carboxylic acids is 3. The maximum atomic E-state index is 12.2. The molecule has 0 spiro atoms. The number of hydrogen-bond acceptors (Lipinski definition) is 5. The van der Waals surface area contributed by atoms with Gasteiger partial charge >= 0.3 is 11.8 Å². The summed E-state index contributed by atoms with van der Waals surface area (Å²) in [5, 5.41) is 9.08. The average molecular weight is 425 g/mol. The van der Waals surface area contributed by atoms with Gasteiger partial charge in [0, 0.05) is 17.8 Å². The van der Waals surface area contributed by atoms with Crippen LogP contribution in [0.5, 0.6) is 5.75 Å². The molecule has 2 aromatic rings. The number of amides is 3. The molecule has 0 aromatic heterocycles. The number of nitrogens with zero attached hydrogens (tertiary/aromatic N) is 1. The Morgan fingerprint density at radius 3 is 2.42 bits per heavy atom. The van der Waals surface area contributed by atoms with Crippen LogP contribution in [-0.4, -0.2) is 37.1 Å². The number of aryl methyl sites for hydroxylation is 1. The Kier molecular flexibility index (Phi) is 9.22. The molecule has 0 aliphatic heterocycles. The molecule has 0 fully saturated rings. The molecule has 8 heteroatoms. The maximum absolute atomic E-state index is 12.2. The van der Waals surface area contributed by atoms with Crippen molar-refractivity contribution < 1.29 is 19.1 Å². The number of rotatable bonds is 9. The fraction of sp³-hybridized carbons (Fsp3) is 0.304. The highest BCUT2D eigenvalue weighted by Gasteiger charge is 2.12. The van der Waals surface area contributed by atoms with Crippen molar-refractivity contribution in [2.24, 2.45) is 11.0 Å². The average Bonchev–Trinajstić information content (AvgIpc) is 2.77. The van der Waals surface area contributed by atoms with Crippen LogP contribution in [0.1, 0.15) is 31.9 Å². The first-order valence-electron chi connectivity index (χ1n) is 10.1. The molecule has 8 nitrogen and oxygen atoms in total. The number of benzene rings is 2. The van der Waals surface area contributed by atoms with Crippen LogP contribution >= 0.6 is 0 Å². The standard InChI is InChI=1S/C23H28N4O4/c1-4-17-9-11-19(12-10-17)26-21(28)15-31-20-8-6-5-7-18(20)14-25-27-23(30)22(29)24-13-16(2)3/h5-12,14,16H,4,13,15H2,1-3H3,(H,24,29)(H,26,28)(H,27,30)/b25-14-. The van der Waals surface area contributed by atoms with Gasteiger partial charge in [-0.05, 0) is 42.2 Å². The van der Waals surface area contributed by atoms with Crippen molar-refractivity contribution in [2.75, 3.05) is 18.5 Å². The van der Waals surface area contributed by atoms with Crippen molar-refractivity contribution in [1.82, 2.24) is 10.7 Å². The number of carbonyl (C=O) groups is 3. The second-order valence-corrected chi connectivity index (χ2v) is 7.23. The summed E-state index contributed by atoms with van der Waals surface area (Å²) in [7, 11) is 0. The van der Waals surface area contributed by atoms with Gasteiger partial charge in [0.1, 0.15) is 5.75 Å². The second-order valence-electron chi connectivity index (χ2n) is 7.23. The van der Waals surface area contributed by atoms with Gasteiger partial charge in [-0.1, -0.05) is 45.0 Å². The third-order valence-corrected chi connectivity index (χ3v) is 4.17. The summed E-state index contributed by atoms with van der Waals surface area (Å²) in [6, 6.07) is 14.5. The van der Waals surface area contributed by atoms with Crippen LogP contribution in [0.25, 0.3) is 0 Å². The monoisotopic (exact) mass is 424 g/mol. The number of anilines is 1. The molecule has 0 saturated heterocycles. The van der Waals surface area contributed by atoms with E-state index in [4.69, 9.17) is 4.74 Å². The Morgan fingerprint density at radius 2 is 1.74 bits per heavy atom. The van der Waals surface area contributed by atoms with Gasteiger partial charge in [0.15, 0.2) is 6.61 Å². The minimum atomic E-state index is -0.858. The second kappa shape index (κ2) is 12.1. The molecule has 0 bridgehead atoms. The van der Waals surface area contributed by atoms with Crippen LogP contribution in [0.3, 0.4) is 0 Å². The lowest BCUT2D eigenvalue weighted by atomic mass is 10.1. The third-order valence-electron chi connectivity index (χ3n) is 4.17. The fourth-order valence-corrected chi connectivity index (χ4v) is 2.47. The van der Waals surface area contributed by atoms with Crippen LogP contribution in [0.15, 0.2) is 53.6 Å². The van der Waals surface area contributed by atoms with E-state index in [1.165, 1.54) is 11.8 Å². The normalized spacial score (nSPS) is 10.7. The third kappa shape index (κ3) is 8.30. The summed E-state index contributed by atoms with van der Waals surface area (Å²) in [5.74, 6) is -1.26. The zero-order chi connectivity index (χ0) is 22.6. The molecule has 3 amide bonds. The number of hydrogen-bond donors (Lipinski definition) is 3. The predicted octanol–water partition coefficient (Wildman–Crippen LogP) is 2.49. The molecule has 0 unspecified atom stereocenters. The molecule has 164 valence electrons. The van der Waals surface area contributed by atoms with Crippen LogP contribution in [0.4, 0.5) is 5.69 Å². The fourth-order valence-electron chi connectivity index (χ4n) is 2.47. The van der Waals surface area contributed by atoms with Crippen molar-refractivity contribution in [3.63, 3.8) is 0 Å². The zero-order valence-electron chi connectivity index (χ0n) is 18.0. The molecule has 2 rings (SSSR count). The zero-order valence-corrected chi connectivity index (χ0v) is 18.0. The molecule has 3 N–H and O–H groups in total. The lowest BCUT2D eigenvalue weighted by molar-refractivity contribution is -0.139. The molecule has 0 heterocycles. The Hall–Kier alpha value is -3.68. The van der Waals surface area contributed by atoms with E-state index in [0.717, 1.165) is 6.42 Å². The number of ether oxygens (including phenoxy) is 1. The van der Waals surface area contributed by atoms with Gasteiger partial charge in [0.25, 0.3) is 5.91 Å². The molecule has 2 aromatic carbocycles. The smallest absolute Gasteiger partial charge is 0.329 e. The van der Waals surface area contributed by atoms with Crippen molar-refractivity contribution in [1.29, 1.82) is 0 Å². The van der Waals surface area contributed by atoms with Gasteiger partial charge in [-0.25, -0.2) is 5.43 Å². The highest BCUT2D eigenvalue weighted by atomic mass is 16.5.